The van der Waals surface area contributed by atoms with E-state index in [0.29, 0.717) is 5.56 Å². The van der Waals surface area contributed by atoms with Crippen molar-refractivity contribution in [3.8, 4) is 33.8 Å². The third-order valence-corrected chi connectivity index (χ3v) is 11.8. The molecule has 0 radical (unpaired) electrons. The molecule has 1 atom stereocenters. The minimum atomic E-state index is -4.77. The summed E-state index contributed by atoms with van der Waals surface area (Å²) in [6.07, 6.45) is -1.46. The largest absolute Gasteiger partial charge is 0.465 e. The van der Waals surface area contributed by atoms with Gasteiger partial charge in [0.05, 0.1) is 48.3 Å². The van der Waals surface area contributed by atoms with Crippen molar-refractivity contribution < 1.29 is 31.7 Å². The lowest BCUT2D eigenvalue weighted by atomic mass is 9.98. The fourth-order valence-corrected chi connectivity index (χ4v) is 5.64. The molecule has 0 saturated heterocycles. The van der Waals surface area contributed by atoms with Crippen molar-refractivity contribution in [1.82, 2.24) is 24.9 Å². The van der Waals surface area contributed by atoms with Crippen LogP contribution in [0.5, 0.6) is 0 Å². The number of methoxy groups -OCH3 is 1. The van der Waals surface area contributed by atoms with Gasteiger partial charge in [0, 0.05) is 11.8 Å². The third-order valence-electron chi connectivity index (χ3n) is 7.17. The van der Waals surface area contributed by atoms with E-state index in [0.717, 1.165) is 10.9 Å². The Bertz CT molecular complexity index is 1530. The number of benzene rings is 1. The van der Waals surface area contributed by atoms with Crippen LogP contribution in [-0.4, -0.2) is 52.4 Å². The van der Waals surface area contributed by atoms with Gasteiger partial charge >= 0.3 is 12.1 Å². The Morgan fingerprint density at radius 3 is 2.51 bits per heavy atom. The van der Waals surface area contributed by atoms with Crippen molar-refractivity contribution in [2.75, 3.05) is 7.11 Å². The van der Waals surface area contributed by atoms with Crippen LogP contribution in [0.4, 0.5) is 13.2 Å². The lowest BCUT2D eigenvalue weighted by molar-refractivity contribution is -0.144. The highest BCUT2D eigenvalue weighted by Crippen LogP contribution is 2.44. The van der Waals surface area contributed by atoms with Crippen LogP contribution in [0.2, 0.25) is 18.1 Å². The van der Waals surface area contributed by atoms with Gasteiger partial charge in [-0.05, 0) is 43.3 Å². The molecule has 13 heteroatoms. The number of aromatic nitrogens is 5. The van der Waals surface area contributed by atoms with E-state index >= 15 is 0 Å². The number of hydrogen-bond acceptors (Lipinski definition) is 8. The molecule has 218 valence electrons. The Morgan fingerprint density at radius 1 is 1.17 bits per heavy atom. The van der Waals surface area contributed by atoms with Gasteiger partial charge in [-0.2, -0.15) is 18.3 Å². The van der Waals surface area contributed by atoms with E-state index in [1.54, 1.807) is 25.1 Å². The van der Waals surface area contributed by atoms with Gasteiger partial charge in [0.25, 0.3) is 0 Å². The monoisotopic (exact) mass is 587 g/mol. The Morgan fingerprint density at radius 2 is 1.90 bits per heavy atom. The van der Waals surface area contributed by atoms with Crippen molar-refractivity contribution in [3.05, 3.63) is 60.3 Å². The maximum atomic E-state index is 14.6. The van der Waals surface area contributed by atoms with Crippen molar-refractivity contribution in [2.45, 2.75) is 64.7 Å². The molecule has 9 nitrogen and oxygen atoms in total. The van der Waals surface area contributed by atoms with Crippen LogP contribution in [-0.2, 0) is 21.9 Å². The average Bonchev–Trinajstić information content (AvgIpc) is 3.52. The SMILES string of the molecule is COC(=O)c1cccc(-c2noc(-c3cnn(C[C@@H](C)O[Si](C)(C)C(C)(C)C)c3C(F)(F)F)c2-c2ccncn2)c1. The summed E-state index contributed by atoms with van der Waals surface area (Å²) in [5.74, 6) is -0.743. The van der Waals surface area contributed by atoms with E-state index in [4.69, 9.17) is 13.7 Å². The van der Waals surface area contributed by atoms with E-state index in [1.807, 2.05) is 13.1 Å². The number of nitrogens with zero attached hydrogens (tertiary/aromatic N) is 5. The summed E-state index contributed by atoms with van der Waals surface area (Å²) in [5.41, 5.74) is 0.0461. The molecule has 0 saturated carbocycles. The fraction of sp³-hybridized carbons (Fsp3) is 0.393. The van der Waals surface area contributed by atoms with Gasteiger partial charge in [0.2, 0.25) is 0 Å². The molecular weight excluding hydrogens is 555 g/mol. The molecule has 0 unspecified atom stereocenters. The van der Waals surface area contributed by atoms with Crippen LogP contribution in [0.1, 0.15) is 43.7 Å². The molecule has 0 N–H and O–H groups in total. The van der Waals surface area contributed by atoms with Crippen LogP contribution in [0.15, 0.2) is 53.6 Å². The van der Waals surface area contributed by atoms with Gasteiger partial charge in [0.1, 0.15) is 12.0 Å². The van der Waals surface area contributed by atoms with Crippen LogP contribution >= 0.6 is 0 Å². The first kappa shape index (κ1) is 30.1. The minimum Gasteiger partial charge on any atom is -0.465 e. The molecule has 0 aliphatic carbocycles. The number of halogens is 3. The number of ether oxygens (including phenoxy) is 1. The second kappa shape index (κ2) is 11.2. The summed E-state index contributed by atoms with van der Waals surface area (Å²) < 4.78 is 61.5. The maximum absolute atomic E-state index is 14.6. The Balaban J connectivity index is 1.84. The van der Waals surface area contributed by atoms with Crippen molar-refractivity contribution in [2.24, 2.45) is 0 Å². The molecule has 0 amide bonds. The highest BCUT2D eigenvalue weighted by atomic mass is 28.4. The molecule has 0 aliphatic rings. The molecule has 4 aromatic rings. The molecule has 4 rings (SSSR count). The van der Waals surface area contributed by atoms with Gasteiger partial charge < -0.3 is 13.7 Å². The van der Waals surface area contributed by atoms with Crippen molar-refractivity contribution >= 4 is 14.3 Å². The van der Waals surface area contributed by atoms with E-state index in [-0.39, 0.29) is 45.4 Å². The Kier molecular flexibility index (Phi) is 8.23. The van der Waals surface area contributed by atoms with Gasteiger partial charge in [-0.25, -0.2) is 14.8 Å². The highest BCUT2D eigenvalue weighted by Gasteiger charge is 2.42. The number of carbonyl (C=O) groups excluding carboxylic acids is 1. The number of rotatable bonds is 8. The normalized spacial score (nSPS) is 13.3. The molecule has 0 spiro atoms. The van der Waals surface area contributed by atoms with Crippen LogP contribution < -0.4 is 0 Å². The quantitative estimate of drug-likeness (QED) is 0.162. The smallest absolute Gasteiger partial charge is 0.433 e. The van der Waals surface area contributed by atoms with E-state index in [1.165, 1.54) is 31.8 Å². The summed E-state index contributed by atoms with van der Waals surface area (Å²) in [6.45, 7) is 11.9. The van der Waals surface area contributed by atoms with Gasteiger partial charge in [-0.1, -0.05) is 38.1 Å². The van der Waals surface area contributed by atoms with Crippen molar-refractivity contribution in [1.29, 1.82) is 0 Å². The van der Waals surface area contributed by atoms with E-state index in [9.17, 15) is 18.0 Å². The number of esters is 1. The van der Waals surface area contributed by atoms with E-state index < -0.39 is 32.3 Å². The lowest BCUT2D eigenvalue weighted by Gasteiger charge is -2.38. The Labute approximate surface area is 236 Å². The topological polar surface area (TPSA) is 105 Å². The molecule has 3 aromatic heterocycles. The predicted molar refractivity (Wildman–Crippen MR) is 148 cm³/mol. The first-order chi connectivity index (χ1) is 19.1. The zero-order valence-electron chi connectivity index (χ0n) is 23.9. The highest BCUT2D eigenvalue weighted by molar-refractivity contribution is 6.74. The molecular formula is C28H32F3N5O4Si. The molecule has 1 aromatic carbocycles. The first-order valence-corrected chi connectivity index (χ1v) is 15.8. The van der Waals surface area contributed by atoms with Gasteiger partial charge in [0.15, 0.2) is 19.8 Å². The van der Waals surface area contributed by atoms with Gasteiger partial charge in [-0.3, -0.25) is 4.68 Å². The molecule has 3 heterocycles. The second-order valence-electron chi connectivity index (χ2n) is 11.2. The van der Waals surface area contributed by atoms with Crippen LogP contribution in [0.25, 0.3) is 33.8 Å². The lowest BCUT2D eigenvalue weighted by Crippen LogP contribution is -2.44. The van der Waals surface area contributed by atoms with Crippen LogP contribution in [0, 0.1) is 0 Å². The number of carbonyl (C=O) groups is 1. The molecule has 41 heavy (non-hydrogen) atoms. The fourth-order valence-electron chi connectivity index (χ4n) is 4.21. The average molecular weight is 588 g/mol. The zero-order chi connectivity index (χ0) is 30.2. The zero-order valence-corrected chi connectivity index (χ0v) is 24.9. The summed E-state index contributed by atoms with van der Waals surface area (Å²) in [7, 11) is -0.989. The summed E-state index contributed by atoms with van der Waals surface area (Å²) in [4.78, 5) is 20.3. The first-order valence-electron chi connectivity index (χ1n) is 12.9. The molecule has 0 aliphatic heterocycles. The predicted octanol–water partition coefficient (Wildman–Crippen LogP) is 6.88. The number of alkyl halides is 3. The number of hydrogen-bond donors (Lipinski definition) is 0. The minimum absolute atomic E-state index is 0.114. The van der Waals surface area contributed by atoms with Gasteiger partial charge in [-0.15, -0.1) is 0 Å². The second-order valence-corrected chi connectivity index (χ2v) is 15.9. The van der Waals surface area contributed by atoms with Crippen molar-refractivity contribution in [3.63, 3.8) is 0 Å². The van der Waals surface area contributed by atoms with E-state index in [2.05, 4.69) is 41.0 Å². The maximum Gasteiger partial charge on any atom is 0.433 e. The summed E-state index contributed by atoms with van der Waals surface area (Å²) >= 11 is 0. The third kappa shape index (κ3) is 6.25. The summed E-state index contributed by atoms with van der Waals surface area (Å²) in [6, 6.07) is 7.89. The molecule has 0 bridgehead atoms. The summed E-state index contributed by atoms with van der Waals surface area (Å²) in [5, 5.41) is 8.12. The standard InChI is InChI=1S/C28H32F3N5O4Si/c1-17(40-41(6,7)27(2,3)4)15-36-25(28(29,30)31)20(14-34-36)24-22(21-11-12-32-16-33-21)23(35-39-24)18-9-8-10-19(13-18)26(37)38-5/h8-14,16-17H,15H2,1-7H3/t17-/m1/s1. The van der Waals surface area contributed by atoms with Crippen LogP contribution in [0.3, 0.4) is 0 Å². The molecule has 0 fully saturated rings. The Hall–Kier alpha value is -3.84.